The van der Waals surface area contributed by atoms with Gasteiger partial charge in [0.1, 0.15) is 0 Å². The van der Waals surface area contributed by atoms with E-state index in [1.54, 1.807) is 0 Å². The molecule has 0 spiro atoms. The van der Waals surface area contributed by atoms with Crippen LogP contribution in [0, 0.1) is 5.92 Å². The summed E-state index contributed by atoms with van der Waals surface area (Å²) >= 11 is 0. The molecule has 1 saturated carbocycles. The van der Waals surface area contributed by atoms with Crippen molar-refractivity contribution in [1.82, 2.24) is 10.2 Å². The number of rotatable bonds is 2. The SMILES string of the molecule is C[C@@H]1CCC[C@H](C)N1CC1CC2CCCCC2N1. The number of piperidine rings is 1. The predicted octanol–water partition coefficient (Wildman–Crippen LogP) is 3.17. The Morgan fingerprint density at radius 2 is 1.67 bits per heavy atom. The molecule has 18 heavy (non-hydrogen) atoms. The summed E-state index contributed by atoms with van der Waals surface area (Å²) in [5.74, 6) is 0.999. The molecule has 5 atom stereocenters. The van der Waals surface area contributed by atoms with E-state index in [1.807, 2.05) is 0 Å². The van der Waals surface area contributed by atoms with Gasteiger partial charge in [-0.15, -0.1) is 0 Å². The maximum atomic E-state index is 3.94. The molecule has 1 N–H and O–H groups in total. The molecule has 0 aromatic carbocycles. The van der Waals surface area contributed by atoms with Gasteiger partial charge >= 0.3 is 0 Å². The third-order valence-electron chi connectivity index (χ3n) is 5.75. The first-order chi connectivity index (χ1) is 8.74. The molecule has 0 aromatic rings. The van der Waals surface area contributed by atoms with Crippen molar-refractivity contribution >= 4 is 0 Å². The van der Waals surface area contributed by atoms with Crippen LogP contribution in [-0.2, 0) is 0 Å². The summed E-state index contributed by atoms with van der Waals surface area (Å²) in [4.78, 5) is 2.78. The van der Waals surface area contributed by atoms with Crippen molar-refractivity contribution in [3.63, 3.8) is 0 Å². The summed E-state index contributed by atoms with van der Waals surface area (Å²) in [6.07, 6.45) is 11.5. The molecule has 2 aliphatic heterocycles. The lowest BCUT2D eigenvalue weighted by atomic mass is 9.85. The summed E-state index contributed by atoms with van der Waals surface area (Å²) in [5.41, 5.74) is 0. The molecule has 3 unspecified atom stereocenters. The molecule has 1 aliphatic carbocycles. The van der Waals surface area contributed by atoms with Crippen molar-refractivity contribution in [1.29, 1.82) is 0 Å². The zero-order chi connectivity index (χ0) is 12.5. The average Bonchev–Trinajstić information content (AvgIpc) is 2.76. The monoisotopic (exact) mass is 250 g/mol. The average molecular weight is 250 g/mol. The summed E-state index contributed by atoms with van der Waals surface area (Å²) in [7, 11) is 0. The van der Waals surface area contributed by atoms with E-state index in [1.165, 1.54) is 57.9 Å². The molecule has 2 nitrogen and oxygen atoms in total. The molecule has 2 heteroatoms. The van der Waals surface area contributed by atoms with Crippen molar-refractivity contribution in [3.8, 4) is 0 Å². The first-order valence-electron chi connectivity index (χ1n) is 8.26. The second kappa shape index (κ2) is 5.50. The normalized spacial score (nSPS) is 46.0. The predicted molar refractivity (Wildman–Crippen MR) is 76.8 cm³/mol. The number of nitrogens with one attached hydrogen (secondary N) is 1. The Morgan fingerprint density at radius 1 is 0.944 bits per heavy atom. The van der Waals surface area contributed by atoms with E-state index in [9.17, 15) is 0 Å². The molecular weight excluding hydrogens is 220 g/mol. The summed E-state index contributed by atoms with van der Waals surface area (Å²) in [6, 6.07) is 3.25. The van der Waals surface area contributed by atoms with Gasteiger partial charge < -0.3 is 5.32 Å². The second-order valence-corrected chi connectivity index (χ2v) is 7.08. The lowest BCUT2D eigenvalue weighted by Gasteiger charge is -2.40. The Hall–Kier alpha value is -0.0800. The van der Waals surface area contributed by atoms with Gasteiger partial charge in [0.05, 0.1) is 0 Å². The minimum Gasteiger partial charge on any atom is -0.310 e. The zero-order valence-corrected chi connectivity index (χ0v) is 12.2. The molecule has 2 saturated heterocycles. The number of hydrogen-bond donors (Lipinski definition) is 1. The fourth-order valence-corrected chi connectivity index (χ4v) is 4.66. The summed E-state index contributed by atoms with van der Waals surface area (Å²) in [6.45, 7) is 6.16. The Labute approximate surface area is 113 Å². The second-order valence-electron chi connectivity index (χ2n) is 7.08. The highest BCUT2D eigenvalue weighted by molar-refractivity contribution is 4.95. The van der Waals surface area contributed by atoms with Crippen LogP contribution in [0.2, 0.25) is 0 Å². The Kier molecular flexibility index (Phi) is 3.95. The van der Waals surface area contributed by atoms with E-state index in [4.69, 9.17) is 0 Å². The van der Waals surface area contributed by atoms with Gasteiger partial charge in [-0.05, 0) is 51.9 Å². The third-order valence-corrected chi connectivity index (χ3v) is 5.75. The van der Waals surface area contributed by atoms with Crippen LogP contribution < -0.4 is 5.32 Å². The fourth-order valence-electron chi connectivity index (χ4n) is 4.66. The Balaban J connectivity index is 1.56. The molecule has 3 aliphatic rings. The Bertz CT molecular complexity index is 254. The highest BCUT2D eigenvalue weighted by Gasteiger charge is 2.37. The van der Waals surface area contributed by atoms with Crippen LogP contribution in [0.4, 0.5) is 0 Å². The number of nitrogens with zero attached hydrogens (tertiary/aromatic N) is 1. The van der Waals surface area contributed by atoms with E-state index < -0.39 is 0 Å². The largest absolute Gasteiger partial charge is 0.310 e. The highest BCUT2D eigenvalue weighted by atomic mass is 15.2. The van der Waals surface area contributed by atoms with E-state index in [0.717, 1.165) is 30.1 Å². The van der Waals surface area contributed by atoms with Gasteiger partial charge in [0, 0.05) is 30.7 Å². The first-order valence-corrected chi connectivity index (χ1v) is 8.26. The maximum Gasteiger partial charge on any atom is 0.0201 e. The molecule has 0 radical (unpaired) electrons. The van der Waals surface area contributed by atoms with Gasteiger partial charge in [-0.2, -0.15) is 0 Å². The number of hydrogen-bond acceptors (Lipinski definition) is 2. The van der Waals surface area contributed by atoms with Gasteiger partial charge in [0.2, 0.25) is 0 Å². The van der Waals surface area contributed by atoms with Gasteiger partial charge in [-0.3, -0.25) is 4.90 Å². The fraction of sp³-hybridized carbons (Fsp3) is 1.00. The van der Waals surface area contributed by atoms with Crippen LogP contribution in [0.15, 0.2) is 0 Å². The van der Waals surface area contributed by atoms with Crippen molar-refractivity contribution in [2.75, 3.05) is 6.54 Å². The molecular formula is C16H30N2. The van der Waals surface area contributed by atoms with Crippen LogP contribution in [0.25, 0.3) is 0 Å². The van der Waals surface area contributed by atoms with Crippen LogP contribution in [-0.4, -0.2) is 35.6 Å². The lowest BCUT2D eigenvalue weighted by Crippen LogP contribution is -2.49. The molecule has 3 fully saturated rings. The molecule has 3 rings (SSSR count). The van der Waals surface area contributed by atoms with Crippen LogP contribution >= 0.6 is 0 Å². The van der Waals surface area contributed by atoms with Crippen molar-refractivity contribution in [2.45, 2.75) is 89.4 Å². The van der Waals surface area contributed by atoms with Crippen molar-refractivity contribution in [2.24, 2.45) is 5.92 Å². The first kappa shape index (κ1) is 12.9. The van der Waals surface area contributed by atoms with Crippen molar-refractivity contribution in [3.05, 3.63) is 0 Å². The molecule has 0 amide bonds. The molecule has 0 bridgehead atoms. The van der Waals surface area contributed by atoms with Crippen LogP contribution in [0.1, 0.15) is 65.2 Å². The van der Waals surface area contributed by atoms with E-state index >= 15 is 0 Å². The summed E-state index contributed by atoms with van der Waals surface area (Å²) in [5, 5.41) is 3.94. The maximum absolute atomic E-state index is 3.94. The van der Waals surface area contributed by atoms with E-state index in [0.29, 0.717) is 0 Å². The quantitative estimate of drug-likeness (QED) is 0.810. The molecule has 0 aromatic heterocycles. The Morgan fingerprint density at radius 3 is 2.39 bits per heavy atom. The number of fused-ring (bicyclic) bond motifs is 1. The van der Waals surface area contributed by atoms with Gasteiger partial charge in [0.25, 0.3) is 0 Å². The number of likely N-dealkylation sites (tertiary alicyclic amines) is 1. The zero-order valence-electron chi connectivity index (χ0n) is 12.2. The van der Waals surface area contributed by atoms with E-state index in [2.05, 4.69) is 24.1 Å². The summed E-state index contributed by atoms with van der Waals surface area (Å²) < 4.78 is 0. The topological polar surface area (TPSA) is 15.3 Å². The smallest absolute Gasteiger partial charge is 0.0201 e. The van der Waals surface area contributed by atoms with Crippen molar-refractivity contribution < 1.29 is 0 Å². The van der Waals surface area contributed by atoms with Gasteiger partial charge in [0.15, 0.2) is 0 Å². The molecule has 2 heterocycles. The molecule has 104 valence electrons. The van der Waals surface area contributed by atoms with Crippen LogP contribution in [0.3, 0.4) is 0 Å². The van der Waals surface area contributed by atoms with E-state index in [-0.39, 0.29) is 0 Å². The standard InChI is InChI=1S/C16H30N2/c1-12-6-5-7-13(2)18(12)11-15-10-14-8-3-4-9-16(14)17-15/h12-17H,3-11H2,1-2H3/t12-,13+,14?,15?,16?. The lowest BCUT2D eigenvalue weighted by molar-refractivity contribution is 0.0927. The minimum absolute atomic E-state index is 0.779. The van der Waals surface area contributed by atoms with Gasteiger partial charge in [-0.1, -0.05) is 19.3 Å². The van der Waals surface area contributed by atoms with Gasteiger partial charge in [-0.25, -0.2) is 0 Å². The minimum atomic E-state index is 0.779. The highest BCUT2D eigenvalue weighted by Crippen LogP contribution is 2.34. The van der Waals surface area contributed by atoms with Crippen LogP contribution in [0.5, 0.6) is 0 Å². The third kappa shape index (κ3) is 2.60.